The van der Waals surface area contributed by atoms with Gasteiger partial charge in [0.15, 0.2) is 0 Å². The number of carboxylic acids is 2. The Morgan fingerprint density at radius 3 is 1.47 bits per heavy atom. The molecule has 0 saturated heterocycles. The molecule has 0 aliphatic heterocycles. The number of hydrogen-bond acceptors (Lipinski definition) is 4. The molecule has 84 valence electrons. The molecule has 0 spiro atoms. The van der Waals surface area contributed by atoms with Gasteiger partial charge in [0.2, 0.25) is 0 Å². The third-order valence-corrected chi connectivity index (χ3v) is 2.07. The summed E-state index contributed by atoms with van der Waals surface area (Å²) in [6.07, 6.45) is 4.25. The van der Waals surface area contributed by atoms with Crippen molar-refractivity contribution in [2.75, 3.05) is 0 Å². The summed E-state index contributed by atoms with van der Waals surface area (Å²) in [7, 11) is 0. The van der Waals surface area contributed by atoms with Crippen LogP contribution >= 0.6 is 0 Å². The second kappa shape index (κ2) is 19.0. The Morgan fingerprint density at radius 2 is 1.47 bits per heavy atom. The van der Waals surface area contributed by atoms with E-state index in [9.17, 15) is 0 Å². The van der Waals surface area contributed by atoms with Gasteiger partial charge >= 0.3 is 48.6 Å². The Labute approximate surface area is 106 Å². The number of carbonyl (C=O) groups is 2. The Hall–Kier alpha value is -0.697. The van der Waals surface area contributed by atoms with Crippen LogP contribution in [0.5, 0.6) is 0 Å². The molecule has 5 heteroatoms. The molecule has 0 fully saturated rings. The maximum absolute atomic E-state index is 9.14. The van der Waals surface area contributed by atoms with Gasteiger partial charge in [0.05, 0.1) is 11.9 Å². The van der Waals surface area contributed by atoms with Crippen LogP contribution in [0.25, 0.3) is 0 Å². The Kier molecular flexibility index (Phi) is 25.1. The van der Waals surface area contributed by atoms with Gasteiger partial charge in [-0.2, -0.15) is 0 Å². The zero-order valence-corrected chi connectivity index (χ0v) is 12.2. The standard InChI is InChI=1S/C4H9.2C3H4O2.Bi/c1-3-4-2;2*1-2-3(4)5;/h1,3-4H2,2H3;2*2H,1H2,(H,4,5);/q;;;+2/p-2. The van der Waals surface area contributed by atoms with Crippen LogP contribution in [0.1, 0.15) is 19.8 Å². The van der Waals surface area contributed by atoms with Crippen molar-refractivity contribution in [3.05, 3.63) is 25.3 Å². The first-order valence-corrected chi connectivity index (χ1v) is 6.69. The molecule has 0 atom stereocenters. The molecule has 0 rings (SSSR count). The Morgan fingerprint density at radius 1 is 1.20 bits per heavy atom. The molecule has 0 bridgehead atoms. The molecule has 0 amide bonds. The minimum atomic E-state index is -1.23. The molecule has 0 aliphatic carbocycles. The van der Waals surface area contributed by atoms with Crippen molar-refractivity contribution < 1.29 is 19.8 Å². The van der Waals surface area contributed by atoms with E-state index in [1.54, 1.807) is 24.7 Å². The third kappa shape index (κ3) is 60.4. The summed E-state index contributed by atoms with van der Waals surface area (Å²) in [6, 6.07) is 0. The topological polar surface area (TPSA) is 80.3 Å². The molecule has 0 aromatic rings. The molecular formula is C10H15BiO4. The number of hydrogen-bond donors (Lipinski definition) is 0. The molecule has 2 radical (unpaired) electrons. The Bertz CT molecular complexity index is 170. The number of rotatable bonds is 4. The Balaban J connectivity index is -0.000000144. The summed E-state index contributed by atoms with van der Waals surface area (Å²) in [6.45, 7) is 8.03. The number of aliphatic carboxylic acids is 2. The fourth-order valence-electron chi connectivity index (χ4n) is 0.158. The molecule has 15 heavy (non-hydrogen) atoms. The molecule has 0 saturated carbocycles. The number of carbonyl (C=O) groups excluding carboxylic acids is 2. The van der Waals surface area contributed by atoms with Crippen molar-refractivity contribution in [1.82, 2.24) is 0 Å². The molecular weight excluding hydrogens is 393 g/mol. The normalized spacial score (nSPS) is 7.00. The molecule has 0 aromatic carbocycles. The molecule has 0 aromatic heterocycles. The third-order valence-electron chi connectivity index (χ3n) is 0.845. The monoisotopic (exact) mass is 408 g/mol. The molecule has 0 aliphatic rings. The first-order valence-electron chi connectivity index (χ1n) is 4.23. The van der Waals surface area contributed by atoms with Gasteiger partial charge in [-0.1, -0.05) is 13.2 Å². The van der Waals surface area contributed by atoms with Crippen LogP contribution in [0.3, 0.4) is 0 Å². The molecule has 0 unspecified atom stereocenters. The fourth-order valence-corrected chi connectivity index (χ4v) is 1.39. The summed E-state index contributed by atoms with van der Waals surface area (Å²) in [5.74, 6) is -2.46. The van der Waals surface area contributed by atoms with E-state index < -0.39 is 11.9 Å². The van der Waals surface area contributed by atoms with E-state index in [0.717, 1.165) is 12.2 Å². The molecule has 0 N–H and O–H groups in total. The van der Waals surface area contributed by atoms with Gasteiger partial charge in [0.1, 0.15) is 0 Å². The zero-order valence-electron chi connectivity index (χ0n) is 8.77. The van der Waals surface area contributed by atoms with E-state index in [1.807, 2.05) is 0 Å². The van der Waals surface area contributed by atoms with Crippen molar-refractivity contribution in [2.45, 2.75) is 23.9 Å². The van der Waals surface area contributed by atoms with Crippen LogP contribution in [-0.4, -0.2) is 36.7 Å². The number of carboxylic acid groups (broad SMARTS) is 2. The van der Waals surface area contributed by atoms with Crippen LogP contribution < -0.4 is 10.2 Å². The van der Waals surface area contributed by atoms with Gasteiger partial charge in [-0.05, 0) is 12.2 Å². The van der Waals surface area contributed by atoms with Crippen LogP contribution in [0.2, 0.25) is 4.13 Å². The van der Waals surface area contributed by atoms with Crippen LogP contribution in [-0.2, 0) is 9.59 Å². The van der Waals surface area contributed by atoms with Crippen molar-refractivity contribution >= 4 is 36.7 Å². The van der Waals surface area contributed by atoms with E-state index >= 15 is 0 Å². The van der Waals surface area contributed by atoms with Gasteiger partial charge in [0, 0.05) is 0 Å². The van der Waals surface area contributed by atoms with Crippen molar-refractivity contribution in [2.24, 2.45) is 0 Å². The summed E-state index contributed by atoms with van der Waals surface area (Å²) >= 11 is 1.56. The van der Waals surface area contributed by atoms with Crippen LogP contribution in [0, 0.1) is 0 Å². The van der Waals surface area contributed by atoms with Gasteiger partial charge in [-0.25, -0.2) is 0 Å². The quantitative estimate of drug-likeness (QED) is 0.452. The van der Waals surface area contributed by atoms with Gasteiger partial charge in [-0.3, -0.25) is 0 Å². The second-order valence-electron chi connectivity index (χ2n) is 2.12. The van der Waals surface area contributed by atoms with Crippen molar-refractivity contribution in [1.29, 1.82) is 0 Å². The summed E-state index contributed by atoms with van der Waals surface area (Å²) in [5, 5.41) is 18.3. The van der Waals surface area contributed by atoms with Gasteiger partial charge in [0.25, 0.3) is 0 Å². The van der Waals surface area contributed by atoms with E-state index in [1.165, 1.54) is 17.0 Å². The summed E-state index contributed by atoms with van der Waals surface area (Å²) in [4.78, 5) is 18.3. The summed E-state index contributed by atoms with van der Waals surface area (Å²) < 4.78 is 1.45. The van der Waals surface area contributed by atoms with Gasteiger partial charge in [-0.15, -0.1) is 0 Å². The van der Waals surface area contributed by atoms with E-state index in [4.69, 9.17) is 19.8 Å². The van der Waals surface area contributed by atoms with Gasteiger partial charge < -0.3 is 19.8 Å². The minimum absolute atomic E-state index is 0.722. The number of unbranched alkanes of at least 4 members (excludes halogenated alkanes) is 1. The molecule has 0 heterocycles. The fraction of sp³-hybridized carbons (Fsp3) is 0.400. The SMILES string of the molecule is C=CC(=O)[O-].C=CC(=O)[O-].CCC[CH2][Bi+2]. The average molecular weight is 408 g/mol. The predicted molar refractivity (Wildman–Crippen MR) is 55.9 cm³/mol. The first kappa shape index (κ1) is 19.8. The predicted octanol–water partition coefficient (Wildman–Crippen LogP) is -0.782. The summed E-state index contributed by atoms with van der Waals surface area (Å²) in [5.41, 5.74) is 0. The average Bonchev–Trinajstić information content (AvgIpc) is 2.20. The second-order valence-corrected chi connectivity index (χ2v) is 3.86. The van der Waals surface area contributed by atoms with Crippen molar-refractivity contribution in [3.8, 4) is 0 Å². The van der Waals surface area contributed by atoms with E-state index in [-0.39, 0.29) is 0 Å². The van der Waals surface area contributed by atoms with Crippen LogP contribution in [0.15, 0.2) is 25.3 Å². The van der Waals surface area contributed by atoms with E-state index in [2.05, 4.69) is 20.1 Å². The zero-order chi connectivity index (χ0) is 12.7. The maximum atomic E-state index is 9.14. The van der Waals surface area contributed by atoms with Crippen LogP contribution in [0.4, 0.5) is 0 Å². The van der Waals surface area contributed by atoms with Crippen molar-refractivity contribution in [3.63, 3.8) is 0 Å². The first-order chi connectivity index (χ1) is 6.95. The molecule has 4 nitrogen and oxygen atoms in total. The van der Waals surface area contributed by atoms with E-state index in [0.29, 0.717) is 0 Å².